The van der Waals surface area contributed by atoms with Crippen LogP contribution in [0.2, 0.25) is 10.0 Å². The maximum Gasteiger partial charge on any atom is 0.416 e. The van der Waals surface area contributed by atoms with Crippen LogP contribution in [0, 0.1) is 0 Å². The van der Waals surface area contributed by atoms with Crippen molar-refractivity contribution in [2.24, 2.45) is 0 Å². The van der Waals surface area contributed by atoms with Gasteiger partial charge in [-0.1, -0.05) is 39.1 Å². The first-order valence-electron chi connectivity index (χ1n) is 21.9. The highest BCUT2D eigenvalue weighted by Crippen LogP contribution is 2.36. The van der Waals surface area contributed by atoms with Crippen LogP contribution in [0.4, 0.5) is 47.8 Å². The molecular weight excluding hydrogens is 1150 g/mol. The van der Waals surface area contributed by atoms with Crippen molar-refractivity contribution < 1.29 is 45.4 Å². The molecule has 0 bridgehead atoms. The van der Waals surface area contributed by atoms with Gasteiger partial charge in [0.2, 0.25) is 11.9 Å². The SMILES string of the molecule is CC(C)OC(=O)N1[C@H](C)CC(N(Cc2cc(Cl)cc(C(F)(F)F)c2)c2ncc(Br)cn2)C[C@@H]1C.CC(C)OC(=O)N1[C@H](C)CC(Nc2ncc(Br)cn2)C[C@@H]1C.FC(F)(F)c1cc(Cl)cc(CBr)c1. The summed E-state index contributed by atoms with van der Waals surface area (Å²) in [5.74, 6) is 1.00. The minimum absolute atomic E-state index is 0.00878. The zero-order valence-electron chi connectivity index (χ0n) is 39.1. The summed E-state index contributed by atoms with van der Waals surface area (Å²) in [7, 11) is 0. The highest BCUT2D eigenvalue weighted by atomic mass is 79.9. The molecule has 69 heavy (non-hydrogen) atoms. The fourth-order valence-electron chi connectivity index (χ4n) is 8.12. The summed E-state index contributed by atoms with van der Waals surface area (Å²) in [6, 6.07) is 7.05. The Morgan fingerprint density at radius 2 is 1.07 bits per heavy atom. The first-order valence-corrected chi connectivity index (χ1v) is 25.4. The fourth-order valence-corrected chi connectivity index (χ4v) is 9.37. The number of hydrogen-bond donors (Lipinski definition) is 1. The molecule has 0 aliphatic carbocycles. The summed E-state index contributed by atoms with van der Waals surface area (Å²) in [6.07, 6.45) is -0.311. The molecule has 2 saturated heterocycles. The number of piperidine rings is 2. The molecule has 2 aromatic carbocycles. The van der Waals surface area contributed by atoms with Crippen molar-refractivity contribution in [1.29, 1.82) is 0 Å². The van der Waals surface area contributed by atoms with Crippen molar-refractivity contribution in [2.45, 2.75) is 154 Å². The molecule has 0 radical (unpaired) electrons. The number of anilines is 2. The Bertz CT molecular complexity index is 2280. The standard InChI is InChI=1S/C23H27BrClF3N4O2.C15H23BrN4O2.C8H5BrClF3/c1-13(2)34-22(33)32-14(3)5-20(6-15(32)4)31(21-29-10-18(24)11-30-21)12-16-7-17(23(26,27)28)9-19(25)8-16;1-9(2)22-15(21)20-10(3)5-13(6-11(20)4)19-14-17-7-12(16)8-18-14;9-4-5-1-6(8(11,12)13)3-7(10)2-5/h7-11,13-15,20H,5-6,12H2,1-4H3;7-11,13H,5-6H2,1-4H3,(H,17,18,19);1-3H,4H2/t14-,15+,20?;10-,11+,13?;. The molecule has 0 spiro atoms. The van der Waals surface area contributed by atoms with Crippen LogP contribution in [-0.4, -0.2) is 90.4 Å². The number of halogens is 11. The van der Waals surface area contributed by atoms with E-state index in [0.717, 1.165) is 41.6 Å². The lowest BCUT2D eigenvalue weighted by molar-refractivity contribution is -0.138. The number of rotatable bonds is 9. The van der Waals surface area contributed by atoms with Crippen molar-refractivity contribution >= 4 is 95.1 Å². The molecule has 2 fully saturated rings. The average Bonchev–Trinajstić information content (AvgIpc) is 3.22. The number of likely N-dealkylation sites (tertiary alicyclic amines) is 2. The summed E-state index contributed by atoms with van der Waals surface area (Å²) in [6.45, 7) is 15.4. The lowest BCUT2D eigenvalue weighted by atomic mass is 9.91. The summed E-state index contributed by atoms with van der Waals surface area (Å²) in [4.78, 5) is 47.5. The molecule has 6 atom stereocenters. The lowest BCUT2D eigenvalue weighted by Crippen LogP contribution is -2.55. The van der Waals surface area contributed by atoms with Crippen LogP contribution < -0.4 is 10.2 Å². The molecule has 23 heteroatoms. The summed E-state index contributed by atoms with van der Waals surface area (Å²) >= 11 is 21.2. The van der Waals surface area contributed by atoms with Gasteiger partial charge in [0.25, 0.3) is 0 Å². The number of carbonyl (C=O) groups is 2. The third-order valence-electron chi connectivity index (χ3n) is 10.8. The van der Waals surface area contributed by atoms with Gasteiger partial charge in [0.15, 0.2) is 0 Å². The van der Waals surface area contributed by atoms with Gasteiger partial charge in [-0.3, -0.25) is 0 Å². The molecule has 4 aromatic rings. The van der Waals surface area contributed by atoms with E-state index in [1.807, 2.05) is 51.3 Å². The molecule has 2 amide bonds. The normalized spacial score (nSPS) is 20.6. The Labute approximate surface area is 434 Å². The van der Waals surface area contributed by atoms with Crippen molar-refractivity contribution in [2.75, 3.05) is 10.2 Å². The number of aromatic nitrogens is 4. The first kappa shape index (κ1) is 57.9. The summed E-state index contributed by atoms with van der Waals surface area (Å²) in [5.41, 5.74) is -0.609. The van der Waals surface area contributed by atoms with Gasteiger partial charge < -0.3 is 29.5 Å². The second-order valence-electron chi connectivity index (χ2n) is 17.4. The first-order chi connectivity index (χ1) is 32.1. The van der Waals surface area contributed by atoms with E-state index in [9.17, 15) is 35.9 Å². The number of hydrogen-bond acceptors (Lipinski definition) is 10. The topological polar surface area (TPSA) is 126 Å². The van der Waals surface area contributed by atoms with Gasteiger partial charge in [-0.25, -0.2) is 29.5 Å². The number of nitrogens with one attached hydrogen (secondary N) is 1. The summed E-state index contributed by atoms with van der Waals surface area (Å²) < 4.78 is 89.0. The molecular formula is C46H55Br3Cl2F6N8O4. The van der Waals surface area contributed by atoms with Gasteiger partial charge in [0.1, 0.15) is 0 Å². The predicted molar refractivity (Wildman–Crippen MR) is 266 cm³/mol. The van der Waals surface area contributed by atoms with Crippen molar-refractivity contribution in [1.82, 2.24) is 29.7 Å². The molecule has 2 aliphatic heterocycles. The third kappa shape index (κ3) is 17.9. The number of nitrogens with zero attached hydrogens (tertiary/aromatic N) is 7. The maximum absolute atomic E-state index is 13.4. The Morgan fingerprint density at radius 1 is 0.681 bits per heavy atom. The van der Waals surface area contributed by atoms with E-state index >= 15 is 0 Å². The molecule has 1 N–H and O–H groups in total. The smallest absolute Gasteiger partial charge is 0.416 e. The highest BCUT2D eigenvalue weighted by molar-refractivity contribution is 9.10. The molecule has 12 nitrogen and oxygen atoms in total. The van der Waals surface area contributed by atoms with E-state index in [4.69, 9.17) is 32.7 Å². The monoisotopic (exact) mass is 1200 g/mol. The van der Waals surface area contributed by atoms with Gasteiger partial charge in [0, 0.05) is 83.0 Å². The maximum atomic E-state index is 13.4. The van der Waals surface area contributed by atoms with Gasteiger partial charge >= 0.3 is 24.5 Å². The predicted octanol–water partition coefficient (Wildman–Crippen LogP) is 14.4. The Balaban J connectivity index is 0.000000252. The van der Waals surface area contributed by atoms with E-state index in [-0.39, 0.29) is 77.2 Å². The van der Waals surface area contributed by atoms with Gasteiger partial charge in [-0.2, -0.15) is 26.3 Å². The van der Waals surface area contributed by atoms with Crippen LogP contribution in [0.25, 0.3) is 0 Å². The molecule has 2 aliphatic rings. The van der Waals surface area contributed by atoms with E-state index in [0.29, 0.717) is 45.7 Å². The van der Waals surface area contributed by atoms with Crippen LogP contribution >= 0.6 is 71.0 Å². The van der Waals surface area contributed by atoms with E-state index in [1.54, 1.807) is 43.5 Å². The molecule has 6 rings (SSSR count). The fraction of sp³-hybridized carbons (Fsp3) is 0.522. The summed E-state index contributed by atoms with van der Waals surface area (Å²) in [5, 5.41) is 3.82. The second-order valence-corrected chi connectivity index (χ2v) is 20.7. The van der Waals surface area contributed by atoms with Crippen LogP contribution in [0.1, 0.15) is 103 Å². The number of ether oxygens (including phenoxy) is 2. The minimum Gasteiger partial charge on any atom is -0.447 e. The van der Waals surface area contributed by atoms with Crippen molar-refractivity contribution in [3.63, 3.8) is 0 Å². The van der Waals surface area contributed by atoms with E-state index in [1.165, 1.54) is 12.1 Å². The Morgan fingerprint density at radius 3 is 1.48 bits per heavy atom. The van der Waals surface area contributed by atoms with Crippen molar-refractivity contribution in [3.05, 3.63) is 102 Å². The zero-order valence-corrected chi connectivity index (χ0v) is 45.3. The largest absolute Gasteiger partial charge is 0.447 e. The van der Waals surface area contributed by atoms with Crippen LogP contribution in [0.15, 0.2) is 70.1 Å². The van der Waals surface area contributed by atoms with Crippen LogP contribution in [-0.2, 0) is 33.7 Å². The minimum atomic E-state index is -4.51. The third-order valence-corrected chi connectivity index (χ3v) is 12.7. The molecule has 2 aromatic heterocycles. The molecule has 4 heterocycles. The number of carbonyl (C=O) groups excluding carboxylic acids is 2. The molecule has 2 unspecified atom stereocenters. The van der Waals surface area contributed by atoms with E-state index in [2.05, 4.69) is 73.0 Å². The van der Waals surface area contributed by atoms with Gasteiger partial charge in [-0.15, -0.1) is 0 Å². The quantitative estimate of drug-likeness (QED) is 0.128. The van der Waals surface area contributed by atoms with Crippen molar-refractivity contribution in [3.8, 4) is 0 Å². The molecule has 0 saturated carbocycles. The molecule has 380 valence electrons. The lowest BCUT2D eigenvalue weighted by Gasteiger charge is -2.45. The Kier molecular flexibility index (Phi) is 21.5. The highest BCUT2D eigenvalue weighted by Gasteiger charge is 2.39. The number of alkyl halides is 7. The Hall–Kier alpha value is -3.66. The van der Waals surface area contributed by atoms with Gasteiger partial charge in [0.05, 0.1) is 32.3 Å². The van der Waals surface area contributed by atoms with Gasteiger partial charge in [-0.05, 0) is 160 Å². The number of amides is 2. The zero-order chi connectivity index (χ0) is 51.5. The second kappa shape index (κ2) is 25.6. The van der Waals surface area contributed by atoms with Crippen LogP contribution in [0.5, 0.6) is 0 Å². The van der Waals surface area contributed by atoms with E-state index < -0.39 is 23.5 Å². The number of benzene rings is 2. The van der Waals surface area contributed by atoms with Crippen LogP contribution in [0.3, 0.4) is 0 Å². The average molecular weight is 1210 g/mol.